The second kappa shape index (κ2) is 5.26. The molecule has 7 heteroatoms. The van der Waals surface area contributed by atoms with Crippen molar-refractivity contribution >= 4 is 5.97 Å². The minimum absolute atomic E-state index is 0.0633. The van der Waals surface area contributed by atoms with Crippen LogP contribution in [0.3, 0.4) is 0 Å². The van der Waals surface area contributed by atoms with Crippen LogP contribution in [0.4, 0.5) is 13.2 Å². The van der Waals surface area contributed by atoms with E-state index in [4.69, 9.17) is 5.73 Å². The molecule has 100 valence electrons. The van der Waals surface area contributed by atoms with Gasteiger partial charge >= 0.3 is 12.1 Å². The van der Waals surface area contributed by atoms with Gasteiger partial charge in [0.2, 0.25) is 0 Å². The minimum atomic E-state index is -4.54. The van der Waals surface area contributed by atoms with Crippen LogP contribution in [0.15, 0.2) is 18.2 Å². The van der Waals surface area contributed by atoms with E-state index in [2.05, 4.69) is 4.74 Å². The predicted molar refractivity (Wildman–Crippen MR) is 56.7 cm³/mol. The van der Waals surface area contributed by atoms with E-state index < -0.39 is 29.5 Å². The summed E-state index contributed by atoms with van der Waals surface area (Å²) in [6.07, 6.45) is -4.77. The molecule has 0 radical (unpaired) electrons. The molecule has 0 aliphatic rings. The van der Waals surface area contributed by atoms with E-state index in [1.165, 1.54) is 7.11 Å². The lowest BCUT2D eigenvalue weighted by Crippen LogP contribution is -2.17. The Bertz CT molecular complexity index is 446. The molecule has 18 heavy (non-hydrogen) atoms. The number of aromatic hydroxyl groups is 1. The third-order valence-corrected chi connectivity index (χ3v) is 2.37. The van der Waals surface area contributed by atoms with Crippen molar-refractivity contribution in [3.05, 3.63) is 29.3 Å². The van der Waals surface area contributed by atoms with Gasteiger partial charge in [-0.05, 0) is 12.1 Å². The molecule has 0 aliphatic heterocycles. The first kappa shape index (κ1) is 14.3. The minimum Gasteiger partial charge on any atom is -0.508 e. The highest BCUT2D eigenvalue weighted by molar-refractivity contribution is 5.70. The summed E-state index contributed by atoms with van der Waals surface area (Å²) in [6.45, 7) is 0. The van der Waals surface area contributed by atoms with Crippen LogP contribution < -0.4 is 5.73 Å². The number of nitrogens with two attached hydrogens (primary N) is 1. The highest BCUT2D eigenvalue weighted by Crippen LogP contribution is 2.34. The summed E-state index contributed by atoms with van der Waals surface area (Å²) in [5, 5.41) is 9.48. The Morgan fingerprint density at radius 2 is 2.11 bits per heavy atom. The number of halogens is 3. The molecule has 0 saturated heterocycles. The van der Waals surface area contributed by atoms with E-state index in [0.717, 1.165) is 12.1 Å². The van der Waals surface area contributed by atoms with Crippen molar-refractivity contribution in [2.24, 2.45) is 5.73 Å². The van der Waals surface area contributed by atoms with E-state index in [-0.39, 0.29) is 12.0 Å². The Kier molecular flexibility index (Phi) is 4.18. The summed E-state index contributed by atoms with van der Waals surface area (Å²) in [5.74, 6) is -1.21. The third-order valence-electron chi connectivity index (χ3n) is 2.37. The first-order chi connectivity index (χ1) is 8.25. The van der Waals surface area contributed by atoms with Crippen LogP contribution in [0.25, 0.3) is 0 Å². The van der Waals surface area contributed by atoms with Gasteiger partial charge in [0.15, 0.2) is 0 Å². The molecule has 1 unspecified atom stereocenters. The normalized spacial score (nSPS) is 13.2. The van der Waals surface area contributed by atoms with E-state index >= 15 is 0 Å². The molecule has 0 bridgehead atoms. The second-order valence-corrected chi connectivity index (χ2v) is 3.66. The van der Waals surface area contributed by atoms with E-state index in [9.17, 15) is 23.1 Å². The van der Waals surface area contributed by atoms with Gasteiger partial charge < -0.3 is 15.6 Å². The first-order valence-electron chi connectivity index (χ1n) is 4.98. The van der Waals surface area contributed by atoms with Crippen molar-refractivity contribution in [3.63, 3.8) is 0 Å². The number of rotatable bonds is 3. The number of hydrogen-bond donors (Lipinski definition) is 2. The number of phenols is 1. The van der Waals surface area contributed by atoms with Gasteiger partial charge in [-0.3, -0.25) is 4.79 Å². The smallest absolute Gasteiger partial charge is 0.416 e. The van der Waals surface area contributed by atoms with Gasteiger partial charge in [-0.2, -0.15) is 13.2 Å². The SMILES string of the molecule is COC(=O)CC(N)c1ccc(C(F)(F)F)cc1O. The number of carbonyl (C=O) groups excluding carboxylic acids is 1. The quantitative estimate of drug-likeness (QED) is 0.818. The Labute approximate surface area is 101 Å². The summed E-state index contributed by atoms with van der Waals surface area (Å²) in [5.41, 5.74) is 4.67. The van der Waals surface area contributed by atoms with Gasteiger partial charge in [0.05, 0.1) is 19.1 Å². The zero-order chi connectivity index (χ0) is 13.9. The van der Waals surface area contributed by atoms with Crippen molar-refractivity contribution in [2.45, 2.75) is 18.6 Å². The molecule has 0 spiro atoms. The average molecular weight is 263 g/mol. The van der Waals surface area contributed by atoms with Crippen LogP contribution in [0.2, 0.25) is 0 Å². The molecule has 1 rings (SSSR count). The van der Waals surface area contributed by atoms with Gasteiger partial charge in [-0.1, -0.05) is 6.07 Å². The summed E-state index contributed by atoms with van der Waals surface area (Å²) < 4.78 is 41.4. The fraction of sp³-hybridized carbons (Fsp3) is 0.364. The van der Waals surface area contributed by atoms with Crippen LogP contribution in [-0.2, 0) is 15.7 Å². The maximum absolute atomic E-state index is 12.3. The molecule has 0 saturated carbocycles. The first-order valence-corrected chi connectivity index (χ1v) is 4.98. The number of methoxy groups -OCH3 is 1. The van der Waals surface area contributed by atoms with Crippen LogP contribution in [0.1, 0.15) is 23.6 Å². The molecule has 1 aromatic carbocycles. The molecule has 1 aromatic rings. The van der Waals surface area contributed by atoms with Crippen molar-refractivity contribution in [1.82, 2.24) is 0 Å². The lowest BCUT2D eigenvalue weighted by Gasteiger charge is -2.14. The van der Waals surface area contributed by atoms with Gasteiger partial charge in [0, 0.05) is 11.6 Å². The van der Waals surface area contributed by atoms with Gasteiger partial charge in [-0.25, -0.2) is 0 Å². The van der Waals surface area contributed by atoms with Crippen molar-refractivity contribution in [3.8, 4) is 5.75 Å². The molecule has 0 aliphatic carbocycles. The highest BCUT2D eigenvalue weighted by atomic mass is 19.4. The summed E-state index contributed by atoms with van der Waals surface area (Å²) in [4.78, 5) is 11.0. The number of esters is 1. The third kappa shape index (κ3) is 3.36. The topological polar surface area (TPSA) is 72.5 Å². The monoisotopic (exact) mass is 263 g/mol. The summed E-state index contributed by atoms with van der Waals surface area (Å²) in [7, 11) is 1.17. The molecule has 1 atom stereocenters. The summed E-state index contributed by atoms with van der Waals surface area (Å²) in [6, 6.07) is 1.50. The summed E-state index contributed by atoms with van der Waals surface area (Å²) >= 11 is 0. The zero-order valence-corrected chi connectivity index (χ0v) is 9.49. The van der Waals surface area contributed by atoms with Crippen molar-refractivity contribution in [2.75, 3.05) is 7.11 Å². The van der Waals surface area contributed by atoms with Gasteiger partial charge in [0.1, 0.15) is 5.75 Å². The largest absolute Gasteiger partial charge is 0.508 e. The van der Waals surface area contributed by atoms with Crippen LogP contribution in [0, 0.1) is 0 Å². The maximum Gasteiger partial charge on any atom is 0.416 e. The number of ether oxygens (including phenoxy) is 1. The molecule has 0 amide bonds. The van der Waals surface area contributed by atoms with Gasteiger partial charge in [-0.15, -0.1) is 0 Å². The number of carbonyl (C=O) groups is 1. The molecule has 0 aromatic heterocycles. The molecule has 0 heterocycles. The van der Waals surface area contributed by atoms with E-state index in [1.54, 1.807) is 0 Å². The second-order valence-electron chi connectivity index (χ2n) is 3.66. The number of alkyl halides is 3. The van der Waals surface area contributed by atoms with E-state index in [1.807, 2.05) is 0 Å². The van der Waals surface area contributed by atoms with Gasteiger partial charge in [0.25, 0.3) is 0 Å². The van der Waals surface area contributed by atoms with Crippen LogP contribution >= 0.6 is 0 Å². The van der Waals surface area contributed by atoms with Crippen molar-refractivity contribution < 1.29 is 27.8 Å². The number of benzene rings is 1. The highest BCUT2D eigenvalue weighted by Gasteiger charge is 2.31. The fourth-order valence-corrected chi connectivity index (χ4v) is 1.41. The lowest BCUT2D eigenvalue weighted by molar-refractivity contribution is -0.141. The lowest BCUT2D eigenvalue weighted by atomic mass is 10.0. The average Bonchev–Trinajstić information content (AvgIpc) is 2.27. The Morgan fingerprint density at radius 3 is 2.56 bits per heavy atom. The maximum atomic E-state index is 12.3. The Hall–Kier alpha value is -1.76. The number of hydrogen-bond acceptors (Lipinski definition) is 4. The van der Waals surface area contributed by atoms with Crippen molar-refractivity contribution in [1.29, 1.82) is 0 Å². The molecule has 4 nitrogen and oxygen atoms in total. The Balaban J connectivity index is 2.95. The number of phenolic OH excluding ortho intramolecular Hbond substituents is 1. The standard InChI is InChI=1S/C11H12F3NO3/c1-18-10(17)5-8(15)7-3-2-6(4-9(7)16)11(12,13)14/h2-4,8,16H,5,15H2,1H3. The predicted octanol–water partition coefficient (Wildman–Crippen LogP) is 1.97. The Morgan fingerprint density at radius 1 is 1.50 bits per heavy atom. The molecular weight excluding hydrogens is 251 g/mol. The van der Waals surface area contributed by atoms with Crippen LogP contribution in [0.5, 0.6) is 5.75 Å². The van der Waals surface area contributed by atoms with E-state index in [0.29, 0.717) is 6.07 Å². The zero-order valence-electron chi connectivity index (χ0n) is 9.49. The molecular formula is C11H12F3NO3. The van der Waals surface area contributed by atoms with Crippen LogP contribution in [-0.4, -0.2) is 18.2 Å². The fourth-order valence-electron chi connectivity index (χ4n) is 1.41. The molecule has 0 fully saturated rings. The molecule has 3 N–H and O–H groups in total.